The molecule has 0 radical (unpaired) electrons. The van der Waals surface area contributed by atoms with Gasteiger partial charge in [0.25, 0.3) is 0 Å². The van der Waals surface area contributed by atoms with Crippen LogP contribution in [0.15, 0.2) is 6.20 Å². The van der Waals surface area contributed by atoms with Crippen molar-refractivity contribution in [3.63, 3.8) is 0 Å². The number of aromatic nitrogens is 2. The SMILES string of the molecule is CC(C)c1c[nH]c(=S)n1C1CCOCC1. The first kappa shape index (κ1) is 10.9. The maximum Gasteiger partial charge on any atom is 0.177 e. The molecule has 1 aromatic rings. The van der Waals surface area contributed by atoms with Gasteiger partial charge < -0.3 is 14.3 Å². The van der Waals surface area contributed by atoms with Crippen LogP contribution in [0.2, 0.25) is 0 Å². The van der Waals surface area contributed by atoms with Gasteiger partial charge in [-0.2, -0.15) is 0 Å². The second-order valence-electron chi connectivity index (χ2n) is 4.39. The summed E-state index contributed by atoms with van der Waals surface area (Å²) in [7, 11) is 0. The van der Waals surface area contributed by atoms with E-state index in [1.165, 1.54) is 5.69 Å². The molecule has 0 unspecified atom stereocenters. The molecular weight excluding hydrogens is 208 g/mol. The monoisotopic (exact) mass is 226 g/mol. The maximum atomic E-state index is 5.38. The van der Waals surface area contributed by atoms with E-state index in [0.29, 0.717) is 12.0 Å². The highest BCUT2D eigenvalue weighted by atomic mass is 32.1. The highest BCUT2D eigenvalue weighted by Gasteiger charge is 2.19. The molecule has 0 aliphatic carbocycles. The summed E-state index contributed by atoms with van der Waals surface area (Å²) in [6.07, 6.45) is 4.19. The minimum atomic E-state index is 0.515. The fourth-order valence-corrected chi connectivity index (χ4v) is 2.47. The van der Waals surface area contributed by atoms with Crippen LogP contribution in [0.5, 0.6) is 0 Å². The second kappa shape index (κ2) is 4.49. The van der Waals surface area contributed by atoms with Crippen LogP contribution in [0.3, 0.4) is 0 Å². The molecule has 0 aromatic carbocycles. The Bertz CT molecular complexity index is 374. The lowest BCUT2D eigenvalue weighted by molar-refractivity contribution is 0.0683. The number of nitrogens with zero attached hydrogens (tertiary/aromatic N) is 1. The van der Waals surface area contributed by atoms with Gasteiger partial charge in [-0.25, -0.2) is 0 Å². The number of hydrogen-bond donors (Lipinski definition) is 1. The van der Waals surface area contributed by atoms with Crippen LogP contribution < -0.4 is 0 Å². The Kier molecular flexibility index (Phi) is 3.26. The molecule has 84 valence electrons. The Balaban J connectivity index is 2.32. The summed E-state index contributed by atoms with van der Waals surface area (Å²) in [4.78, 5) is 3.15. The molecule has 15 heavy (non-hydrogen) atoms. The topological polar surface area (TPSA) is 29.9 Å². The number of rotatable bonds is 2. The normalized spacial score (nSPS) is 18.6. The Morgan fingerprint density at radius 2 is 2.13 bits per heavy atom. The van der Waals surface area contributed by atoms with Crippen LogP contribution in [0.4, 0.5) is 0 Å². The number of hydrogen-bond acceptors (Lipinski definition) is 2. The third-order valence-corrected chi connectivity index (χ3v) is 3.30. The van der Waals surface area contributed by atoms with Crippen molar-refractivity contribution < 1.29 is 4.74 Å². The van der Waals surface area contributed by atoms with Gasteiger partial charge in [-0.05, 0) is 31.0 Å². The predicted molar refractivity (Wildman–Crippen MR) is 62.8 cm³/mol. The summed E-state index contributed by atoms with van der Waals surface area (Å²) in [6, 6.07) is 0.523. The van der Waals surface area contributed by atoms with Crippen LogP contribution >= 0.6 is 12.2 Å². The Morgan fingerprint density at radius 3 is 2.73 bits per heavy atom. The Hall–Kier alpha value is -0.610. The molecule has 0 bridgehead atoms. The highest BCUT2D eigenvalue weighted by molar-refractivity contribution is 7.71. The highest BCUT2D eigenvalue weighted by Crippen LogP contribution is 2.26. The van der Waals surface area contributed by atoms with E-state index in [9.17, 15) is 0 Å². The molecule has 2 rings (SSSR count). The van der Waals surface area contributed by atoms with Crippen LogP contribution in [-0.2, 0) is 4.74 Å². The van der Waals surface area contributed by atoms with E-state index >= 15 is 0 Å². The maximum absolute atomic E-state index is 5.38. The summed E-state index contributed by atoms with van der Waals surface area (Å²) in [5.41, 5.74) is 1.31. The van der Waals surface area contributed by atoms with E-state index < -0.39 is 0 Å². The Morgan fingerprint density at radius 1 is 1.47 bits per heavy atom. The average Bonchev–Trinajstić information content (AvgIpc) is 2.61. The Labute approximate surface area is 95.5 Å². The van der Waals surface area contributed by atoms with Gasteiger partial charge in [0.1, 0.15) is 0 Å². The van der Waals surface area contributed by atoms with E-state index in [4.69, 9.17) is 17.0 Å². The number of ether oxygens (including phenoxy) is 1. The van der Waals surface area contributed by atoms with E-state index in [0.717, 1.165) is 30.8 Å². The summed E-state index contributed by atoms with van der Waals surface area (Å²) in [5.74, 6) is 0.515. The molecule has 1 saturated heterocycles. The summed E-state index contributed by atoms with van der Waals surface area (Å²) in [5, 5.41) is 0. The van der Waals surface area contributed by atoms with Crippen LogP contribution in [0.1, 0.15) is 44.3 Å². The van der Waals surface area contributed by atoms with E-state index in [2.05, 4.69) is 23.4 Å². The lowest BCUT2D eigenvalue weighted by Crippen LogP contribution is -2.21. The van der Waals surface area contributed by atoms with Crippen molar-refractivity contribution in [1.29, 1.82) is 0 Å². The zero-order valence-electron chi connectivity index (χ0n) is 9.32. The van der Waals surface area contributed by atoms with Gasteiger partial charge in [0.05, 0.1) is 0 Å². The fourth-order valence-electron chi connectivity index (χ4n) is 2.16. The molecule has 0 spiro atoms. The molecule has 0 amide bonds. The zero-order valence-corrected chi connectivity index (χ0v) is 10.1. The third-order valence-electron chi connectivity index (χ3n) is 2.99. The first-order valence-electron chi connectivity index (χ1n) is 5.57. The largest absolute Gasteiger partial charge is 0.381 e. The molecule has 1 aliphatic rings. The van der Waals surface area contributed by atoms with Gasteiger partial charge in [0.2, 0.25) is 0 Å². The lowest BCUT2D eigenvalue weighted by Gasteiger charge is -2.26. The van der Waals surface area contributed by atoms with Crippen molar-refractivity contribution in [3.05, 3.63) is 16.7 Å². The van der Waals surface area contributed by atoms with Gasteiger partial charge in [0.15, 0.2) is 4.77 Å². The quantitative estimate of drug-likeness (QED) is 0.786. The van der Waals surface area contributed by atoms with Crippen LogP contribution in [-0.4, -0.2) is 22.8 Å². The number of nitrogens with one attached hydrogen (secondary N) is 1. The average molecular weight is 226 g/mol. The fraction of sp³-hybridized carbons (Fsp3) is 0.727. The number of imidazole rings is 1. The van der Waals surface area contributed by atoms with Gasteiger partial charge >= 0.3 is 0 Å². The van der Waals surface area contributed by atoms with Crippen molar-refractivity contribution in [3.8, 4) is 0 Å². The smallest absolute Gasteiger partial charge is 0.177 e. The molecule has 2 heterocycles. The molecule has 4 heteroatoms. The van der Waals surface area contributed by atoms with Crippen molar-refractivity contribution in [2.45, 2.75) is 38.6 Å². The molecule has 1 aliphatic heterocycles. The molecule has 1 fully saturated rings. The minimum Gasteiger partial charge on any atom is -0.381 e. The number of H-pyrrole nitrogens is 1. The van der Waals surface area contributed by atoms with Crippen molar-refractivity contribution >= 4 is 12.2 Å². The molecular formula is C11H18N2OS. The summed E-state index contributed by atoms with van der Waals surface area (Å²) in [6.45, 7) is 6.12. The van der Waals surface area contributed by atoms with Crippen molar-refractivity contribution in [2.24, 2.45) is 0 Å². The first-order valence-corrected chi connectivity index (χ1v) is 5.98. The molecule has 1 aromatic heterocycles. The summed E-state index contributed by atoms with van der Waals surface area (Å²) < 4.78 is 8.51. The van der Waals surface area contributed by atoms with E-state index in [1.807, 2.05) is 6.20 Å². The predicted octanol–water partition coefficient (Wildman–Crippen LogP) is 3.02. The zero-order chi connectivity index (χ0) is 10.8. The third kappa shape index (κ3) is 2.16. The van der Waals surface area contributed by atoms with E-state index in [1.54, 1.807) is 0 Å². The van der Waals surface area contributed by atoms with Crippen molar-refractivity contribution in [2.75, 3.05) is 13.2 Å². The molecule has 1 N–H and O–H groups in total. The molecule has 3 nitrogen and oxygen atoms in total. The minimum absolute atomic E-state index is 0.515. The van der Waals surface area contributed by atoms with Gasteiger partial charge in [-0.1, -0.05) is 13.8 Å². The second-order valence-corrected chi connectivity index (χ2v) is 4.77. The van der Waals surface area contributed by atoms with Crippen LogP contribution in [0, 0.1) is 4.77 Å². The number of aromatic amines is 1. The van der Waals surface area contributed by atoms with Crippen LogP contribution in [0.25, 0.3) is 0 Å². The van der Waals surface area contributed by atoms with E-state index in [-0.39, 0.29) is 0 Å². The van der Waals surface area contributed by atoms with Gasteiger partial charge in [-0.3, -0.25) is 0 Å². The first-order chi connectivity index (χ1) is 7.20. The lowest BCUT2D eigenvalue weighted by atomic mass is 10.1. The summed E-state index contributed by atoms with van der Waals surface area (Å²) >= 11 is 5.34. The van der Waals surface area contributed by atoms with Gasteiger partial charge in [0, 0.05) is 31.1 Å². The molecule has 0 atom stereocenters. The molecule has 0 saturated carbocycles. The van der Waals surface area contributed by atoms with Crippen molar-refractivity contribution in [1.82, 2.24) is 9.55 Å². The van der Waals surface area contributed by atoms with Gasteiger partial charge in [-0.15, -0.1) is 0 Å². The standard InChI is InChI=1S/C11H18N2OS/c1-8(2)10-7-12-11(15)13(10)9-3-5-14-6-4-9/h7-9H,3-6H2,1-2H3,(H,12,15).